The molecule has 0 amide bonds. The predicted octanol–water partition coefficient (Wildman–Crippen LogP) is 4.07. The molecule has 0 aliphatic rings. The zero-order valence-corrected chi connectivity index (χ0v) is 19.2. The molecule has 1 N–H and O–H groups in total. The van der Waals surface area contributed by atoms with Gasteiger partial charge in [0.2, 0.25) is 0 Å². The minimum absolute atomic E-state index is 0.232. The average molecular weight is 533 g/mol. The number of ether oxygens (including phenoxy) is 1. The van der Waals surface area contributed by atoms with Gasteiger partial charge in [-0.15, -0.1) is 5.10 Å². The molecular weight excluding hydrogens is 516 g/mol. The number of nitrogens with zero attached hydrogens (tertiary/aromatic N) is 5. The molecule has 2 aromatic carbocycles. The highest BCUT2D eigenvalue weighted by Gasteiger charge is 2.57. The van der Waals surface area contributed by atoms with Crippen LogP contribution in [0.4, 0.5) is 26.3 Å². The summed E-state index contributed by atoms with van der Waals surface area (Å²) in [5, 5.41) is 21.3. The van der Waals surface area contributed by atoms with Gasteiger partial charge in [0.1, 0.15) is 36.0 Å². The number of aliphatic hydroxyl groups is 1. The number of alkyl halides is 4. The van der Waals surface area contributed by atoms with Crippen LogP contribution in [0.1, 0.15) is 22.4 Å². The van der Waals surface area contributed by atoms with Crippen molar-refractivity contribution < 1.29 is 36.2 Å². The van der Waals surface area contributed by atoms with Crippen LogP contribution in [0.2, 0.25) is 0 Å². The second-order valence-electron chi connectivity index (χ2n) is 7.97. The lowest BCUT2D eigenvalue weighted by molar-refractivity contribution is -0.207. The molecule has 2 aromatic heterocycles. The maximum Gasteiger partial charge on any atom is 0.323 e. The van der Waals surface area contributed by atoms with Crippen LogP contribution in [-0.4, -0.2) is 43.3 Å². The lowest BCUT2D eigenvalue weighted by atomic mass is 9.84. The van der Waals surface area contributed by atoms with Crippen molar-refractivity contribution in [2.24, 2.45) is 0 Å². The summed E-state index contributed by atoms with van der Waals surface area (Å²) >= 11 is 0. The Bertz CT molecular complexity index is 1440. The summed E-state index contributed by atoms with van der Waals surface area (Å²) in [5.74, 6) is -0.890. The fraction of sp³-hybridized carbons (Fsp3) is 0.200. The first-order valence-corrected chi connectivity index (χ1v) is 10.8. The number of halogens is 6. The van der Waals surface area contributed by atoms with E-state index in [-0.39, 0.29) is 11.3 Å². The minimum atomic E-state index is -4.20. The summed E-state index contributed by atoms with van der Waals surface area (Å²) in [6.07, 6.45) is -0.622. The minimum Gasteiger partial charge on any atom is -0.488 e. The van der Waals surface area contributed by atoms with Gasteiger partial charge in [0.05, 0.1) is 6.54 Å². The molecular formula is C25H17F6N5O2. The van der Waals surface area contributed by atoms with Crippen LogP contribution >= 0.6 is 0 Å². The maximum absolute atomic E-state index is 15.7. The molecule has 13 heteroatoms. The zero-order chi connectivity index (χ0) is 27.3. The third-order valence-corrected chi connectivity index (χ3v) is 5.35. The molecule has 1 atom stereocenters. The lowest BCUT2D eigenvalue weighted by Gasteiger charge is -2.35. The second kappa shape index (κ2) is 10.9. The van der Waals surface area contributed by atoms with E-state index in [1.54, 1.807) is 0 Å². The molecule has 4 rings (SSSR count). The first kappa shape index (κ1) is 26.6. The predicted molar refractivity (Wildman–Crippen MR) is 120 cm³/mol. The summed E-state index contributed by atoms with van der Waals surface area (Å²) in [7, 11) is 0. The molecule has 0 bridgehead atoms. The van der Waals surface area contributed by atoms with Gasteiger partial charge in [-0.05, 0) is 59.0 Å². The summed E-state index contributed by atoms with van der Waals surface area (Å²) in [6, 6.07) is 9.93. The smallest absolute Gasteiger partial charge is 0.323 e. The Kier molecular flexibility index (Phi) is 7.63. The molecule has 0 saturated heterocycles. The van der Waals surface area contributed by atoms with Crippen LogP contribution in [0, 0.1) is 23.5 Å². The molecule has 4 aromatic rings. The van der Waals surface area contributed by atoms with Crippen molar-refractivity contribution in [1.29, 1.82) is 0 Å². The van der Waals surface area contributed by atoms with E-state index in [1.807, 2.05) is 0 Å². The van der Waals surface area contributed by atoms with Crippen LogP contribution in [-0.2, 0) is 18.1 Å². The third kappa shape index (κ3) is 5.76. The van der Waals surface area contributed by atoms with Gasteiger partial charge in [-0.1, -0.05) is 11.8 Å². The lowest BCUT2D eigenvalue weighted by Crippen LogP contribution is -2.48. The summed E-state index contributed by atoms with van der Waals surface area (Å²) in [5.41, 5.74) is -4.33. The van der Waals surface area contributed by atoms with E-state index < -0.39 is 54.0 Å². The fourth-order valence-corrected chi connectivity index (χ4v) is 3.47. The summed E-state index contributed by atoms with van der Waals surface area (Å²) in [4.78, 5) is 3.72. The Hall–Kier alpha value is -4.44. The Morgan fingerprint density at radius 3 is 2.29 bits per heavy atom. The number of hydrogen-bond donors (Lipinski definition) is 1. The normalized spacial score (nSPS) is 13.1. The van der Waals surface area contributed by atoms with Crippen molar-refractivity contribution in [1.82, 2.24) is 25.2 Å². The highest BCUT2D eigenvalue weighted by Crippen LogP contribution is 2.46. The van der Waals surface area contributed by atoms with E-state index in [9.17, 15) is 22.7 Å². The van der Waals surface area contributed by atoms with Crippen molar-refractivity contribution in [3.05, 3.63) is 101 Å². The van der Waals surface area contributed by atoms with Crippen LogP contribution in [0.25, 0.3) is 0 Å². The SMILES string of the molecule is OC(Cn1cnnn1)(c1ccc(F)cc1F)C(F)(F)c1ccc(C#Cc2ccc(OCC(F)F)cc2)cn1. The van der Waals surface area contributed by atoms with Crippen molar-refractivity contribution in [2.45, 2.75) is 24.5 Å². The molecule has 0 radical (unpaired) electrons. The molecule has 38 heavy (non-hydrogen) atoms. The standard InChI is InChI=1S/C25H17F6N5O2/c26-18-6-9-20(21(27)11-18)24(37,14-36-15-33-34-35-36)25(30,31)22-10-5-17(12-32-22)2-1-16-3-7-19(8-4-16)38-13-23(28)29/h3-12,15,23,37H,13-14H2. The number of hydrogen-bond acceptors (Lipinski definition) is 6. The molecule has 7 nitrogen and oxygen atoms in total. The van der Waals surface area contributed by atoms with Gasteiger partial charge in [0.25, 0.3) is 6.43 Å². The van der Waals surface area contributed by atoms with Crippen molar-refractivity contribution in [2.75, 3.05) is 6.61 Å². The highest BCUT2D eigenvalue weighted by molar-refractivity contribution is 5.44. The van der Waals surface area contributed by atoms with Gasteiger partial charge in [0.15, 0.2) is 5.60 Å². The molecule has 0 aliphatic carbocycles. The summed E-state index contributed by atoms with van der Waals surface area (Å²) < 4.78 is 89.6. The highest BCUT2D eigenvalue weighted by atomic mass is 19.3. The molecule has 0 fully saturated rings. The van der Waals surface area contributed by atoms with E-state index >= 15 is 8.78 Å². The number of pyridine rings is 1. The Morgan fingerprint density at radius 1 is 0.974 bits per heavy atom. The molecule has 0 spiro atoms. The monoisotopic (exact) mass is 533 g/mol. The van der Waals surface area contributed by atoms with E-state index in [0.717, 1.165) is 29.3 Å². The fourth-order valence-electron chi connectivity index (χ4n) is 3.47. The average Bonchev–Trinajstić information content (AvgIpc) is 3.39. The molecule has 0 aliphatic heterocycles. The maximum atomic E-state index is 15.7. The molecule has 1 unspecified atom stereocenters. The number of rotatable bonds is 8. The number of aromatic nitrogens is 5. The zero-order valence-electron chi connectivity index (χ0n) is 19.2. The Balaban J connectivity index is 1.60. The Morgan fingerprint density at radius 2 is 1.68 bits per heavy atom. The van der Waals surface area contributed by atoms with Gasteiger partial charge >= 0.3 is 5.92 Å². The van der Waals surface area contributed by atoms with E-state index in [0.29, 0.717) is 17.7 Å². The van der Waals surface area contributed by atoms with Crippen LogP contribution in [0.15, 0.2) is 67.1 Å². The quantitative estimate of drug-likeness (QED) is 0.272. The first-order chi connectivity index (χ1) is 18.1. The largest absolute Gasteiger partial charge is 0.488 e. The van der Waals surface area contributed by atoms with Crippen molar-refractivity contribution in [3.8, 4) is 17.6 Å². The van der Waals surface area contributed by atoms with Gasteiger partial charge in [-0.25, -0.2) is 22.2 Å². The van der Waals surface area contributed by atoms with Gasteiger partial charge < -0.3 is 9.84 Å². The third-order valence-electron chi connectivity index (χ3n) is 5.35. The van der Waals surface area contributed by atoms with Crippen molar-refractivity contribution >= 4 is 0 Å². The van der Waals surface area contributed by atoms with Gasteiger partial charge in [-0.2, -0.15) is 8.78 Å². The van der Waals surface area contributed by atoms with E-state index in [4.69, 9.17) is 4.74 Å². The molecule has 0 saturated carbocycles. The number of benzene rings is 2. The Labute approximate surface area is 211 Å². The van der Waals surface area contributed by atoms with Crippen molar-refractivity contribution in [3.63, 3.8) is 0 Å². The van der Waals surface area contributed by atoms with Crippen LogP contribution in [0.5, 0.6) is 5.75 Å². The second-order valence-corrected chi connectivity index (χ2v) is 7.97. The van der Waals surface area contributed by atoms with E-state index in [2.05, 4.69) is 32.4 Å². The van der Waals surface area contributed by atoms with Crippen LogP contribution in [0.3, 0.4) is 0 Å². The van der Waals surface area contributed by atoms with Gasteiger partial charge in [0, 0.05) is 29.0 Å². The van der Waals surface area contributed by atoms with Crippen LogP contribution < -0.4 is 4.74 Å². The number of tetrazole rings is 1. The molecule has 2 heterocycles. The first-order valence-electron chi connectivity index (χ1n) is 10.8. The molecule has 196 valence electrons. The topological polar surface area (TPSA) is 86.0 Å². The van der Waals surface area contributed by atoms with Gasteiger partial charge in [-0.3, -0.25) is 4.98 Å². The summed E-state index contributed by atoms with van der Waals surface area (Å²) in [6.45, 7) is -1.72. The van der Waals surface area contributed by atoms with E-state index in [1.165, 1.54) is 30.3 Å².